The zero-order chi connectivity index (χ0) is 23.3. The van der Waals surface area contributed by atoms with Gasteiger partial charge in [0.1, 0.15) is 5.60 Å². The van der Waals surface area contributed by atoms with Crippen molar-refractivity contribution in [3.05, 3.63) is 17.7 Å². The molecule has 0 aliphatic carbocycles. The molecule has 0 heterocycles. The molecular formula is C22H39IN4O5. The molecule has 0 unspecified atom stereocenters. The topological polar surface area (TPSA) is 102 Å². The number of halogens is 1. The van der Waals surface area contributed by atoms with Gasteiger partial charge in [0.25, 0.3) is 0 Å². The molecule has 0 aliphatic rings. The van der Waals surface area contributed by atoms with Gasteiger partial charge in [0.2, 0.25) is 5.75 Å². The first kappa shape index (κ1) is 29.9. The molecule has 0 aromatic heterocycles. The minimum absolute atomic E-state index is 0. The summed E-state index contributed by atoms with van der Waals surface area (Å²) in [4.78, 5) is 16.2. The lowest BCUT2D eigenvalue weighted by molar-refractivity contribution is 0.0527. The summed E-state index contributed by atoms with van der Waals surface area (Å²) >= 11 is 0. The molecule has 9 nitrogen and oxygen atoms in total. The van der Waals surface area contributed by atoms with Gasteiger partial charge in [-0.1, -0.05) is 6.07 Å². The Kier molecular flexibility index (Phi) is 14.6. The molecule has 10 heteroatoms. The number of carbonyl (C=O) groups excluding carboxylic acids is 1. The van der Waals surface area contributed by atoms with Crippen molar-refractivity contribution < 1.29 is 23.7 Å². The van der Waals surface area contributed by atoms with Gasteiger partial charge in [-0.25, -0.2) is 4.79 Å². The van der Waals surface area contributed by atoms with Crippen LogP contribution in [0.3, 0.4) is 0 Å². The van der Waals surface area contributed by atoms with Crippen molar-refractivity contribution in [3.63, 3.8) is 0 Å². The van der Waals surface area contributed by atoms with E-state index in [0.29, 0.717) is 49.7 Å². The zero-order valence-corrected chi connectivity index (χ0v) is 22.6. The minimum atomic E-state index is -0.499. The van der Waals surface area contributed by atoms with Crippen molar-refractivity contribution >= 4 is 36.0 Å². The van der Waals surface area contributed by atoms with E-state index in [9.17, 15) is 4.79 Å². The van der Waals surface area contributed by atoms with Crippen LogP contribution in [-0.2, 0) is 11.2 Å². The quantitative estimate of drug-likeness (QED) is 0.164. The second-order valence-corrected chi connectivity index (χ2v) is 7.71. The fourth-order valence-corrected chi connectivity index (χ4v) is 2.79. The number of hydrogen-bond donors (Lipinski definition) is 3. The molecule has 0 fully saturated rings. The Hall–Kier alpha value is -2.11. The Morgan fingerprint density at radius 2 is 1.66 bits per heavy atom. The van der Waals surface area contributed by atoms with Crippen LogP contribution in [0.1, 0.15) is 39.7 Å². The first-order valence-corrected chi connectivity index (χ1v) is 10.5. The molecule has 0 atom stereocenters. The highest BCUT2D eigenvalue weighted by Gasteiger charge is 2.16. The number of guanidine groups is 1. The molecule has 0 spiro atoms. The van der Waals surface area contributed by atoms with E-state index in [1.165, 1.54) is 0 Å². The predicted molar refractivity (Wildman–Crippen MR) is 138 cm³/mol. The summed E-state index contributed by atoms with van der Waals surface area (Å²) < 4.78 is 21.5. The first-order valence-electron chi connectivity index (χ1n) is 10.5. The Morgan fingerprint density at radius 1 is 0.969 bits per heavy atom. The zero-order valence-electron chi connectivity index (χ0n) is 20.3. The number of carbonyl (C=O) groups is 1. The lowest BCUT2D eigenvalue weighted by atomic mass is 10.1. The number of rotatable bonds is 11. The van der Waals surface area contributed by atoms with E-state index in [1.54, 1.807) is 21.3 Å². The van der Waals surface area contributed by atoms with Crippen LogP contribution in [0.4, 0.5) is 4.79 Å². The largest absolute Gasteiger partial charge is 0.493 e. The monoisotopic (exact) mass is 566 g/mol. The Morgan fingerprint density at radius 3 is 2.22 bits per heavy atom. The molecule has 1 rings (SSSR count). The van der Waals surface area contributed by atoms with Crippen molar-refractivity contribution in [2.45, 2.75) is 46.1 Å². The van der Waals surface area contributed by atoms with Gasteiger partial charge in [0, 0.05) is 31.7 Å². The molecule has 0 aliphatic heterocycles. The Bertz CT molecular complexity index is 723. The highest BCUT2D eigenvalue weighted by Crippen LogP contribution is 2.39. The fraction of sp³-hybridized carbons (Fsp3) is 0.636. The average molecular weight is 566 g/mol. The third-order valence-electron chi connectivity index (χ3n) is 4.09. The Labute approximate surface area is 209 Å². The van der Waals surface area contributed by atoms with E-state index in [0.717, 1.165) is 18.1 Å². The van der Waals surface area contributed by atoms with Gasteiger partial charge in [-0.05, 0) is 46.6 Å². The number of benzene rings is 1. The normalized spacial score (nSPS) is 11.2. The van der Waals surface area contributed by atoms with Gasteiger partial charge < -0.3 is 34.9 Å². The molecule has 0 saturated heterocycles. The lowest BCUT2D eigenvalue weighted by Gasteiger charge is -2.19. The standard InChI is InChI=1S/C22H38N4O5.HI/c1-8-23-20(24-13-9-14-26-21(27)31-22(2,3)4)25-15-12-16-10-11-17(28-5)19(30-7)18(16)29-6;/h10-11H,8-9,12-15H2,1-7H3,(H,26,27)(H2,23,24,25);1H. The summed E-state index contributed by atoms with van der Waals surface area (Å²) in [6.45, 7) is 10.0. The van der Waals surface area contributed by atoms with Gasteiger partial charge in [-0.3, -0.25) is 4.99 Å². The van der Waals surface area contributed by atoms with Crippen LogP contribution in [0, 0.1) is 0 Å². The molecule has 0 bridgehead atoms. The predicted octanol–water partition coefficient (Wildman–Crippen LogP) is 3.34. The maximum atomic E-state index is 11.7. The van der Waals surface area contributed by atoms with Crippen LogP contribution < -0.4 is 30.2 Å². The second-order valence-electron chi connectivity index (χ2n) is 7.71. The lowest BCUT2D eigenvalue weighted by Crippen LogP contribution is -2.38. The molecular weight excluding hydrogens is 527 g/mol. The molecule has 184 valence electrons. The van der Waals surface area contributed by atoms with E-state index < -0.39 is 11.7 Å². The summed E-state index contributed by atoms with van der Waals surface area (Å²) in [5.74, 6) is 2.60. The van der Waals surface area contributed by atoms with Crippen LogP contribution in [0.25, 0.3) is 0 Å². The first-order chi connectivity index (χ1) is 14.8. The number of aliphatic imine (C=N–C) groups is 1. The highest BCUT2D eigenvalue weighted by atomic mass is 127. The van der Waals surface area contributed by atoms with Gasteiger partial charge in [0.05, 0.1) is 21.3 Å². The van der Waals surface area contributed by atoms with Gasteiger partial charge in [0.15, 0.2) is 17.5 Å². The Balaban J connectivity index is 0.00000961. The van der Waals surface area contributed by atoms with Crippen molar-refractivity contribution in [2.24, 2.45) is 4.99 Å². The van der Waals surface area contributed by atoms with E-state index in [2.05, 4.69) is 20.9 Å². The summed E-state index contributed by atoms with van der Waals surface area (Å²) in [5, 5.41) is 9.27. The fourth-order valence-electron chi connectivity index (χ4n) is 2.79. The minimum Gasteiger partial charge on any atom is -0.493 e. The van der Waals surface area contributed by atoms with Crippen LogP contribution in [-0.4, -0.2) is 65.2 Å². The number of hydrogen-bond acceptors (Lipinski definition) is 6. The third-order valence-corrected chi connectivity index (χ3v) is 4.09. The summed E-state index contributed by atoms with van der Waals surface area (Å²) in [6, 6.07) is 3.84. The maximum Gasteiger partial charge on any atom is 0.407 e. The molecule has 0 saturated carbocycles. The van der Waals surface area contributed by atoms with Gasteiger partial charge >= 0.3 is 6.09 Å². The number of nitrogens with zero attached hydrogens (tertiary/aromatic N) is 1. The number of amides is 1. The number of methoxy groups -OCH3 is 3. The third kappa shape index (κ3) is 11.0. The maximum absolute atomic E-state index is 11.7. The molecule has 3 N–H and O–H groups in total. The second kappa shape index (κ2) is 15.7. The average Bonchev–Trinajstić information content (AvgIpc) is 2.71. The van der Waals surface area contributed by atoms with Crippen LogP contribution >= 0.6 is 24.0 Å². The van der Waals surface area contributed by atoms with Gasteiger partial charge in [-0.15, -0.1) is 24.0 Å². The molecule has 1 aromatic carbocycles. The van der Waals surface area contributed by atoms with Crippen LogP contribution in [0.5, 0.6) is 17.2 Å². The summed E-state index contributed by atoms with van der Waals surface area (Å²) in [6.07, 6.45) is 1.01. The van der Waals surface area contributed by atoms with Crippen LogP contribution in [0.2, 0.25) is 0 Å². The van der Waals surface area contributed by atoms with E-state index >= 15 is 0 Å². The number of alkyl carbamates (subject to hydrolysis) is 1. The smallest absolute Gasteiger partial charge is 0.407 e. The van der Waals surface area contributed by atoms with Crippen molar-refractivity contribution in [1.29, 1.82) is 0 Å². The van der Waals surface area contributed by atoms with E-state index in [-0.39, 0.29) is 24.0 Å². The van der Waals surface area contributed by atoms with E-state index in [1.807, 2.05) is 39.8 Å². The highest BCUT2D eigenvalue weighted by molar-refractivity contribution is 14.0. The van der Waals surface area contributed by atoms with E-state index in [4.69, 9.17) is 18.9 Å². The molecule has 1 amide bonds. The molecule has 32 heavy (non-hydrogen) atoms. The number of nitrogens with one attached hydrogen (secondary N) is 3. The van der Waals surface area contributed by atoms with Crippen molar-refractivity contribution in [1.82, 2.24) is 16.0 Å². The molecule has 1 aromatic rings. The van der Waals surface area contributed by atoms with Crippen LogP contribution in [0.15, 0.2) is 17.1 Å². The summed E-state index contributed by atoms with van der Waals surface area (Å²) in [5.41, 5.74) is 0.506. The number of ether oxygens (including phenoxy) is 4. The molecule has 0 radical (unpaired) electrons. The van der Waals surface area contributed by atoms with Crippen molar-refractivity contribution in [3.8, 4) is 17.2 Å². The van der Waals surface area contributed by atoms with Crippen molar-refractivity contribution in [2.75, 3.05) is 47.5 Å². The SMILES string of the molecule is CCNC(=NCCCNC(=O)OC(C)(C)C)NCCc1ccc(OC)c(OC)c1OC.I. The van der Waals surface area contributed by atoms with Gasteiger partial charge in [-0.2, -0.15) is 0 Å². The summed E-state index contributed by atoms with van der Waals surface area (Å²) in [7, 11) is 4.81.